The maximum absolute atomic E-state index is 10.8. The number of carbonyl (C=O) groups excluding carboxylic acids is 1. The van der Waals surface area contributed by atoms with E-state index in [0.717, 1.165) is 18.6 Å². The predicted molar refractivity (Wildman–Crippen MR) is 40.2 cm³/mol. The highest BCUT2D eigenvalue weighted by Crippen LogP contribution is 2.10. The molecule has 1 aliphatic rings. The SMILES string of the molecule is CCOC(=O)C=C1CCOC1. The highest BCUT2D eigenvalue weighted by molar-refractivity contribution is 5.82. The van der Waals surface area contributed by atoms with Gasteiger partial charge < -0.3 is 9.47 Å². The van der Waals surface area contributed by atoms with E-state index >= 15 is 0 Å². The Labute approximate surface area is 66.0 Å². The van der Waals surface area contributed by atoms with Gasteiger partial charge in [0.2, 0.25) is 0 Å². The van der Waals surface area contributed by atoms with Crippen molar-refractivity contribution in [2.75, 3.05) is 19.8 Å². The standard InChI is InChI=1S/C8H12O3/c1-2-11-8(9)5-7-3-4-10-6-7/h5H,2-4,6H2,1H3. The molecule has 0 spiro atoms. The van der Waals surface area contributed by atoms with E-state index in [-0.39, 0.29) is 5.97 Å². The third kappa shape index (κ3) is 2.72. The largest absolute Gasteiger partial charge is 0.463 e. The van der Waals surface area contributed by atoms with E-state index in [2.05, 4.69) is 0 Å². The molecular formula is C8H12O3. The van der Waals surface area contributed by atoms with Crippen molar-refractivity contribution in [3.8, 4) is 0 Å². The van der Waals surface area contributed by atoms with E-state index < -0.39 is 0 Å². The summed E-state index contributed by atoms with van der Waals surface area (Å²) in [5.74, 6) is -0.256. The molecule has 0 aromatic rings. The molecule has 1 saturated heterocycles. The molecule has 1 rings (SSSR count). The second-order valence-corrected chi connectivity index (χ2v) is 2.36. The molecule has 0 unspecified atom stereocenters. The molecule has 1 heterocycles. The molecule has 62 valence electrons. The smallest absolute Gasteiger partial charge is 0.330 e. The second kappa shape index (κ2) is 4.13. The number of hydrogen-bond donors (Lipinski definition) is 0. The molecule has 0 bridgehead atoms. The number of esters is 1. The average molecular weight is 156 g/mol. The summed E-state index contributed by atoms with van der Waals surface area (Å²) in [4.78, 5) is 10.8. The molecule has 0 aromatic heterocycles. The zero-order chi connectivity index (χ0) is 8.10. The van der Waals surface area contributed by atoms with Crippen LogP contribution in [-0.2, 0) is 14.3 Å². The number of ether oxygens (including phenoxy) is 2. The van der Waals surface area contributed by atoms with Gasteiger partial charge in [0.25, 0.3) is 0 Å². The molecule has 3 heteroatoms. The summed E-state index contributed by atoms with van der Waals surface area (Å²) in [7, 11) is 0. The van der Waals surface area contributed by atoms with Crippen molar-refractivity contribution < 1.29 is 14.3 Å². The third-order valence-electron chi connectivity index (χ3n) is 1.46. The van der Waals surface area contributed by atoms with E-state index in [4.69, 9.17) is 9.47 Å². The van der Waals surface area contributed by atoms with Crippen LogP contribution in [0.5, 0.6) is 0 Å². The topological polar surface area (TPSA) is 35.5 Å². The monoisotopic (exact) mass is 156 g/mol. The number of hydrogen-bond acceptors (Lipinski definition) is 3. The lowest BCUT2D eigenvalue weighted by molar-refractivity contribution is -0.137. The molecule has 11 heavy (non-hydrogen) atoms. The fourth-order valence-corrected chi connectivity index (χ4v) is 0.943. The lowest BCUT2D eigenvalue weighted by Crippen LogP contribution is -2.01. The highest BCUT2D eigenvalue weighted by atomic mass is 16.5. The number of rotatable bonds is 2. The van der Waals surface area contributed by atoms with E-state index in [1.807, 2.05) is 0 Å². The molecular weight excluding hydrogens is 144 g/mol. The minimum atomic E-state index is -0.256. The van der Waals surface area contributed by atoms with Crippen molar-refractivity contribution in [1.29, 1.82) is 0 Å². The Morgan fingerprint density at radius 2 is 2.64 bits per heavy atom. The van der Waals surface area contributed by atoms with Crippen LogP contribution in [0.1, 0.15) is 13.3 Å². The fourth-order valence-electron chi connectivity index (χ4n) is 0.943. The molecule has 0 radical (unpaired) electrons. The first-order valence-electron chi connectivity index (χ1n) is 3.77. The van der Waals surface area contributed by atoms with Gasteiger partial charge in [0.15, 0.2) is 0 Å². The highest BCUT2D eigenvalue weighted by Gasteiger charge is 2.08. The zero-order valence-corrected chi connectivity index (χ0v) is 6.63. The van der Waals surface area contributed by atoms with Gasteiger partial charge in [-0.05, 0) is 18.9 Å². The van der Waals surface area contributed by atoms with Crippen molar-refractivity contribution >= 4 is 5.97 Å². The van der Waals surface area contributed by atoms with Gasteiger partial charge in [0, 0.05) is 6.08 Å². The molecule has 0 aliphatic carbocycles. The van der Waals surface area contributed by atoms with Gasteiger partial charge in [0.05, 0.1) is 19.8 Å². The second-order valence-electron chi connectivity index (χ2n) is 2.36. The molecule has 0 amide bonds. The molecule has 1 fully saturated rings. The lowest BCUT2D eigenvalue weighted by atomic mass is 10.2. The summed E-state index contributed by atoms with van der Waals surface area (Å²) < 4.78 is 9.79. The van der Waals surface area contributed by atoms with Crippen LogP contribution in [0, 0.1) is 0 Å². The first-order valence-corrected chi connectivity index (χ1v) is 3.77. The van der Waals surface area contributed by atoms with Crippen molar-refractivity contribution in [2.45, 2.75) is 13.3 Å². The van der Waals surface area contributed by atoms with Crippen molar-refractivity contribution in [1.82, 2.24) is 0 Å². The Morgan fingerprint density at radius 1 is 1.82 bits per heavy atom. The number of carbonyl (C=O) groups is 1. The Bertz CT molecular complexity index is 164. The Balaban J connectivity index is 2.36. The van der Waals surface area contributed by atoms with Crippen LogP contribution in [0.15, 0.2) is 11.6 Å². The first kappa shape index (κ1) is 8.27. The average Bonchev–Trinajstić information content (AvgIpc) is 2.40. The molecule has 3 nitrogen and oxygen atoms in total. The van der Waals surface area contributed by atoms with Gasteiger partial charge >= 0.3 is 5.97 Å². The van der Waals surface area contributed by atoms with Gasteiger partial charge in [-0.3, -0.25) is 0 Å². The van der Waals surface area contributed by atoms with Gasteiger partial charge in [0.1, 0.15) is 0 Å². The molecule has 0 saturated carbocycles. The van der Waals surface area contributed by atoms with Crippen LogP contribution in [0.4, 0.5) is 0 Å². The lowest BCUT2D eigenvalue weighted by Gasteiger charge is -1.95. The van der Waals surface area contributed by atoms with Crippen LogP contribution in [-0.4, -0.2) is 25.8 Å². The summed E-state index contributed by atoms with van der Waals surface area (Å²) in [6, 6.07) is 0. The fraction of sp³-hybridized carbons (Fsp3) is 0.625. The Hall–Kier alpha value is -0.830. The zero-order valence-electron chi connectivity index (χ0n) is 6.63. The van der Waals surface area contributed by atoms with Gasteiger partial charge in [-0.25, -0.2) is 4.79 Å². The van der Waals surface area contributed by atoms with E-state index in [9.17, 15) is 4.79 Å². The van der Waals surface area contributed by atoms with Crippen molar-refractivity contribution in [3.63, 3.8) is 0 Å². The van der Waals surface area contributed by atoms with Gasteiger partial charge in [-0.15, -0.1) is 0 Å². The first-order chi connectivity index (χ1) is 5.33. The van der Waals surface area contributed by atoms with Crippen molar-refractivity contribution in [3.05, 3.63) is 11.6 Å². The van der Waals surface area contributed by atoms with Gasteiger partial charge in [-0.1, -0.05) is 0 Å². The predicted octanol–water partition coefficient (Wildman–Crippen LogP) is 0.896. The van der Waals surface area contributed by atoms with E-state index in [0.29, 0.717) is 13.2 Å². The minimum Gasteiger partial charge on any atom is -0.463 e. The van der Waals surface area contributed by atoms with E-state index in [1.54, 1.807) is 6.92 Å². The van der Waals surface area contributed by atoms with Crippen LogP contribution < -0.4 is 0 Å². The van der Waals surface area contributed by atoms with Crippen LogP contribution in [0.25, 0.3) is 0 Å². The maximum Gasteiger partial charge on any atom is 0.330 e. The quantitative estimate of drug-likeness (QED) is 0.440. The van der Waals surface area contributed by atoms with Crippen molar-refractivity contribution in [2.24, 2.45) is 0 Å². The molecule has 0 N–H and O–H groups in total. The summed E-state index contributed by atoms with van der Waals surface area (Å²) in [5.41, 5.74) is 1.03. The molecule has 0 atom stereocenters. The maximum atomic E-state index is 10.8. The summed E-state index contributed by atoms with van der Waals surface area (Å²) in [6.45, 7) is 3.54. The van der Waals surface area contributed by atoms with Gasteiger partial charge in [-0.2, -0.15) is 0 Å². The summed E-state index contributed by atoms with van der Waals surface area (Å²) >= 11 is 0. The normalized spacial score (nSPS) is 20.6. The Morgan fingerprint density at radius 3 is 3.18 bits per heavy atom. The Kier molecular flexibility index (Phi) is 3.11. The summed E-state index contributed by atoms with van der Waals surface area (Å²) in [5, 5.41) is 0. The molecule has 0 aromatic carbocycles. The summed E-state index contributed by atoms with van der Waals surface area (Å²) in [6.07, 6.45) is 2.38. The third-order valence-corrected chi connectivity index (χ3v) is 1.46. The van der Waals surface area contributed by atoms with Crippen LogP contribution >= 0.6 is 0 Å². The van der Waals surface area contributed by atoms with Crippen LogP contribution in [0.3, 0.4) is 0 Å². The minimum absolute atomic E-state index is 0.256. The molecule has 1 aliphatic heterocycles. The van der Waals surface area contributed by atoms with E-state index in [1.165, 1.54) is 6.08 Å². The van der Waals surface area contributed by atoms with Crippen LogP contribution in [0.2, 0.25) is 0 Å².